The van der Waals surface area contributed by atoms with Crippen LogP contribution < -0.4 is 4.74 Å². The molecule has 1 aromatic heterocycles. The highest BCUT2D eigenvalue weighted by atomic mass is 19.1. The Morgan fingerprint density at radius 1 is 1.28 bits per heavy atom. The average molecular weight is 246 g/mol. The zero-order chi connectivity index (χ0) is 13.1. The molecule has 0 fully saturated rings. The van der Waals surface area contributed by atoms with Gasteiger partial charge in [0, 0.05) is 23.5 Å². The molecule has 0 N–H and O–H groups in total. The highest BCUT2D eigenvalue weighted by Crippen LogP contribution is 2.29. The van der Waals surface area contributed by atoms with E-state index in [4.69, 9.17) is 4.74 Å². The lowest BCUT2D eigenvalue weighted by molar-refractivity contribution is 0.101. The molecule has 0 atom stereocenters. The third-order valence-electron chi connectivity index (χ3n) is 2.47. The van der Waals surface area contributed by atoms with Crippen LogP contribution in [-0.2, 0) is 0 Å². The Morgan fingerprint density at radius 3 is 2.67 bits per heavy atom. The van der Waals surface area contributed by atoms with Gasteiger partial charge in [0.1, 0.15) is 11.5 Å². The highest BCUT2D eigenvalue weighted by Gasteiger charge is 2.16. The summed E-state index contributed by atoms with van der Waals surface area (Å²) in [6.07, 6.45) is 2.93. The summed E-state index contributed by atoms with van der Waals surface area (Å²) in [5.74, 6) is -0.356. The molecular formula is C13H11FN2O2. The molecule has 5 heteroatoms. The maximum absolute atomic E-state index is 13.3. The quantitative estimate of drug-likeness (QED) is 0.781. The lowest BCUT2D eigenvalue weighted by Gasteiger charge is -2.09. The Balaban J connectivity index is 2.69. The first kappa shape index (κ1) is 12.2. The number of rotatable bonds is 3. The molecule has 0 saturated heterocycles. The van der Waals surface area contributed by atoms with Gasteiger partial charge in [0.15, 0.2) is 5.78 Å². The molecule has 4 nitrogen and oxygen atoms in total. The number of methoxy groups -OCH3 is 1. The molecule has 2 rings (SSSR count). The largest absolute Gasteiger partial charge is 0.479 e. The summed E-state index contributed by atoms with van der Waals surface area (Å²) in [4.78, 5) is 19.6. The second kappa shape index (κ2) is 4.91. The van der Waals surface area contributed by atoms with E-state index in [-0.39, 0.29) is 11.7 Å². The van der Waals surface area contributed by atoms with Gasteiger partial charge in [-0.1, -0.05) is 0 Å². The molecule has 1 aromatic carbocycles. The van der Waals surface area contributed by atoms with Gasteiger partial charge in [0.2, 0.25) is 5.88 Å². The second-order valence-corrected chi connectivity index (χ2v) is 3.66. The van der Waals surface area contributed by atoms with Crippen LogP contribution in [0.1, 0.15) is 17.3 Å². The van der Waals surface area contributed by atoms with Crippen molar-refractivity contribution in [2.75, 3.05) is 7.11 Å². The average Bonchev–Trinajstić information content (AvgIpc) is 2.38. The number of ketones is 1. The molecule has 0 unspecified atom stereocenters. The van der Waals surface area contributed by atoms with Crippen LogP contribution in [-0.4, -0.2) is 22.9 Å². The van der Waals surface area contributed by atoms with Gasteiger partial charge in [-0.05, 0) is 25.1 Å². The molecule has 92 valence electrons. The summed E-state index contributed by atoms with van der Waals surface area (Å²) in [7, 11) is 1.44. The number of Topliss-reactive ketones (excluding diaryl/α,β-unsaturated/α-hetero) is 1. The van der Waals surface area contributed by atoms with E-state index in [1.54, 1.807) is 0 Å². The van der Waals surface area contributed by atoms with Gasteiger partial charge in [-0.15, -0.1) is 0 Å². The number of ether oxygens (including phenoxy) is 1. The molecule has 18 heavy (non-hydrogen) atoms. The van der Waals surface area contributed by atoms with Gasteiger partial charge >= 0.3 is 0 Å². The van der Waals surface area contributed by atoms with Crippen molar-refractivity contribution in [3.8, 4) is 17.1 Å². The van der Waals surface area contributed by atoms with E-state index in [9.17, 15) is 9.18 Å². The molecule has 0 aliphatic rings. The van der Waals surface area contributed by atoms with Crippen LogP contribution in [0.15, 0.2) is 30.6 Å². The standard InChI is InChI=1S/C13H11FN2O2/c1-8(17)10-4-3-9(14)7-11(10)12-13(18-2)16-6-5-15-12/h3-7H,1-2H3. The van der Waals surface area contributed by atoms with Crippen LogP contribution in [0.25, 0.3) is 11.3 Å². The number of carbonyl (C=O) groups is 1. The summed E-state index contributed by atoms with van der Waals surface area (Å²) in [6, 6.07) is 3.92. The smallest absolute Gasteiger partial charge is 0.240 e. The summed E-state index contributed by atoms with van der Waals surface area (Å²) in [5.41, 5.74) is 1.12. The maximum Gasteiger partial charge on any atom is 0.240 e. The summed E-state index contributed by atoms with van der Waals surface area (Å²) in [6.45, 7) is 1.42. The number of nitrogens with zero attached hydrogens (tertiary/aromatic N) is 2. The molecular weight excluding hydrogens is 235 g/mol. The van der Waals surface area contributed by atoms with Crippen molar-refractivity contribution in [3.05, 3.63) is 42.0 Å². The van der Waals surface area contributed by atoms with Crippen LogP contribution in [0.5, 0.6) is 5.88 Å². The summed E-state index contributed by atoms with van der Waals surface area (Å²) < 4.78 is 18.4. The van der Waals surface area contributed by atoms with Crippen LogP contribution in [0.3, 0.4) is 0 Å². The summed E-state index contributed by atoms with van der Waals surface area (Å²) in [5, 5.41) is 0. The molecule has 1 heterocycles. The fraction of sp³-hybridized carbons (Fsp3) is 0.154. The number of aromatic nitrogens is 2. The number of hydrogen-bond acceptors (Lipinski definition) is 4. The van der Waals surface area contributed by atoms with Gasteiger partial charge in [-0.2, -0.15) is 0 Å². The van der Waals surface area contributed by atoms with Crippen molar-refractivity contribution in [1.82, 2.24) is 9.97 Å². The zero-order valence-corrected chi connectivity index (χ0v) is 9.98. The van der Waals surface area contributed by atoms with E-state index >= 15 is 0 Å². The van der Waals surface area contributed by atoms with Crippen LogP contribution >= 0.6 is 0 Å². The van der Waals surface area contributed by atoms with Crippen molar-refractivity contribution in [2.24, 2.45) is 0 Å². The molecule has 0 bridgehead atoms. The first-order valence-corrected chi connectivity index (χ1v) is 5.29. The van der Waals surface area contributed by atoms with E-state index in [0.717, 1.165) is 0 Å². The lowest BCUT2D eigenvalue weighted by Crippen LogP contribution is -2.01. The number of benzene rings is 1. The van der Waals surface area contributed by atoms with Crippen LogP contribution in [0.4, 0.5) is 4.39 Å². The van der Waals surface area contributed by atoms with Gasteiger partial charge in [0.25, 0.3) is 0 Å². The minimum Gasteiger partial charge on any atom is -0.479 e. The zero-order valence-electron chi connectivity index (χ0n) is 9.98. The Bertz CT molecular complexity index is 599. The molecule has 0 aliphatic carbocycles. The van der Waals surface area contributed by atoms with E-state index in [1.165, 1.54) is 44.6 Å². The van der Waals surface area contributed by atoms with Gasteiger partial charge in [0.05, 0.1) is 7.11 Å². The fourth-order valence-electron chi connectivity index (χ4n) is 1.68. The molecule has 0 spiro atoms. The number of carbonyl (C=O) groups excluding carboxylic acids is 1. The monoisotopic (exact) mass is 246 g/mol. The predicted molar refractivity (Wildman–Crippen MR) is 64.0 cm³/mol. The predicted octanol–water partition coefficient (Wildman–Crippen LogP) is 2.49. The van der Waals surface area contributed by atoms with Crippen LogP contribution in [0.2, 0.25) is 0 Å². The van der Waals surface area contributed by atoms with Crippen molar-refractivity contribution in [2.45, 2.75) is 6.92 Å². The molecule has 2 aromatic rings. The Hall–Kier alpha value is -2.30. The van der Waals surface area contributed by atoms with E-state index < -0.39 is 5.82 Å². The Labute approximate surface area is 103 Å². The van der Waals surface area contributed by atoms with Crippen LogP contribution in [0, 0.1) is 5.82 Å². The number of halogens is 1. The third-order valence-corrected chi connectivity index (χ3v) is 2.47. The summed E-state index contributed by atoms with van der Waals surface area (Å²) >= 11 is 0. The van der Waals surface area contributed by atoms with Gasteiger partial charge < -0.3 is 4.74 Å². The Morgan fingerprint density at radius 2 is 2.00 bits per heavy atom. The third kappa shape index (κ3) is 2.20. The number of hydrogen-bond donors (Lipinski definition) is 0. The van der Waals surface area contributed by atoms with Gasteiger partial charge in [-0.25, -0.2) is 14.4 Å². The molecule has 0 radical (unpaired) electrons. The SMILES string of the molecule is COc1nccnc1-c1cc(F)ccc1C(C)=O. The molecule has 0 aliphatic heterocycles. The fourth-order valence-corrected chi connectivity index (χ4v) is 1.68. The van der Waals surface area contributed by atoms with Gasteiger partial charge in [-0.3, -0.25) is 4.79 Å². The van der Waals surface area contributed by atoms with Crippen molar-refractivity contribution in [1.29, 1.82) is 0 Å². The van der Waals surface area contributed by atoms with Crippen molar-refractivity contribution >= 4 is 5.78 Å². The molecule has 0 saturated carbocycles. The molecule has 0 amide bonds. The van der Waals surface area contributed by atoms with E-state index in [2.05, 4.69) is 9.97 Å². The van der Waals surface area contributed by atoms with Crippen molar-refractivity contribution in [3.63, 3.8) is 0 Å². The van der Waals surface area contributed by atoms with E-state index in [1.807, 2.05) is 0 Å². The Kier molecular flexibility index (Phi) is 3.32. The topological polar surface area (TPSA) is 52.1 Å². The highest BCUT2D eigenvalue weighted by molar-refractivity contribution is 6.00. The first-order valence-electron chi connectivity index (χ1n) is 5.29. The lowest BCUT2D eigenvalue weighted by atomic mass is 10.0. The van der Waals surface area contributed by atoms with E-state index in [0.29, 0.717) is 16.8 Å². The van der Waals surface area contributed by atoms with Crippen molar-refractivity contribution < 1.29 is 13.9 Å². The maximum atomic E-state index is 13.3. The minimum absolute atomic E-state index is 0.169. The normalized spacial score (nSPS) is 10.2. The first-order chi connectivity index (χ1) is 8.63. The second-order valence-electron chi connectivity index (χ2n) is 3.66. The minimum atomic E-state index is -0.442.